The highest BCUT2D eigenvalue weighted by molar-refractivity contribution is 7.89. The number of aliphatic hydroxyl groups excluding tert-OH is 1. The largest absolute Gasteiger partial charge is 0.395 e. The number of morpholine rings is 1. The van der Waals surface area contributed by atoms with Crippen LogP contribution in [0.4, 0.5) is 0 Å². The molecule has 1 aliphatic heterocycles. The molecule has 0 aliphatic carbocycles. The van der Waals surface area contributed by atoms with Crippen LogP contribution < -0.4 is 5.32 Å². The number of carbonyl (C=O) groups is 1. The second-order valence-corrected chi connectivity index (χ2v) is 9.85. The van der Waals surface area contributed by atoms with Gasteiger partial charge < -0.3 is 15.2 Å². The Morgan fingerprint density at radius 3 is 2.67 bits per heavy atom. The smallest absolute Gasteiger partial charge is 0.261 e. The molecule has 2 aromatic carbocycles. The molecule has 0 saturated carbocycles. The molecule has 3 aromatic rings. The van der Waals surface area contributed by atoms with E-state index in [0.29, 0.717) is 10.4 Å². The summed E-state index contributed by atoms with van der Waals surface area (Å²) in [6, 6.07) is 15.9. The Labute approximate surface area is 178 Å². The van der Waals surface area contributed by atoms with Gasteiger partial charge >= 0.3 is 0 Å². The predicted octanol–water partition coefficient (Wildman–Crippen LogP) is 2.39. The van der Waals surface area contributed by atoms with E-state index in [0.717, 1.165) is 10.1 Å². The molecule has 1 fully saturated rings. The van der Waals surface area contributed by atoms with Crippen LogP contribution in [0, 0.1) is 0 Å². The fourth-order valence-corrected chi connectivity index (χ4v) is 6.18. The lowest BCUT2D eigenvalue weighted by molar-refractivity contribution is -0.00192. The topological polar surface area (TPSA) is 95.9 Å². The van der Waals surface area contributed by atoms with E-state index in [9.17, 15) is 13.2 Å². The maximum absolute atomic E-state index is 13.1. The minimum atomic E-state index is -3.66. The number of ether oxygens (including phenoxy) is 1. The molecule has 158 valence electrons. The summed E-state index contributed by atoms with van der Waals surface area (Å²) < 4.78 is 34.5. The summed E-state index contributed by atoms with van der Waals surface area (Å²) >= 11 is 1.34. The third-order valence-corrected chi connectivity index (χ3v) is 8.03. The van der Waals surface area contributed by atoms with E-state index in [2.05, 4.69) is 5.32 Å². The van der Waals surface area contributed by atoms with Crippen LogP contribution in [0.25, 0.3) is 10.1 Å². The first kappa shape index (κ1) is 21.0. The maximum Gasteiger partial charge on any atom is 0.261 e. The molecular weight excluding hydrogens is 424 g/mol. The zero-order valence-electron chi connectivity index (χ0n) is 16.2. The molecule has 1 atom stereocenters. The highest BCUT2D eigenvalue weighted by Gasteiger charge is 2.34. The fraction of sp³-hybridized carbons (Fsp3) is 0.286. The summed E-state index contributed by atoms with van der Waals surface area (Å²) in [7, 11) is -3.66. The molecule has 1 amide bonds. The molecule has 1 saturated heterocycles. The standard InChI is InChI=1S/C21H22N2O5S2/c24-12-10-22-21(25)20-19(16-8-4-5-9-18(16)29-20)17-14-23(11-13-28-17)30(26,27)15-6-2-1-3-7-15/h1-9,17,24H,10-14H2,(H,22,25)/t17-/m1/s1. The summed E-state index contributed by atoms with van der Waals surface area (Å²) in [6.45, 7) is 0.597. The number of nitrogens with one attached hydrogen (secondary N) is 1. The molecule has 0 radical (unpaired) electrons. The summed E-state index contributed by atoms with van der Waals surface area (Å²) in [5, 5.41) is 12.6. The van der Waals surface area contributed by atoms with Gasteiger partial charge in [-0.25, -0.2) is 8.42 Å². The van der Waals surface area contributed by atoms with Gasteiger partial charge in [0.25, 0.3) is 5.91 Å². The van der Waals surface area contributed by atoms with Gasteiger partial charge in [0.2, 0.25) is 10.0 Å². The Morgan fingerprint density at radius 2 is 1.90 bits per heavy atom. The van der Waals surface area contributed by atoms with E-state index in [1.165, 1.54) is 15.6 Å². The van der Waals surface area contributed by atoms with E-state index < -0.39 is 16.1 Å². The molecule has 1 aromatic heterocycles. The molecule has 7 nitrogen and oxygen atoms in total. The van der Waals surface area contributed by atoms with Crippen LogP contribution in [0.3, 0.4) is 0 Å². The number of aliphatic hydroxyl groups is 1. The van der Waals surface area contributed by atoms with Crippen molar-refractivity contribution in [3.63, 3.8) is 0 Å². The van der Waals surface area contributed by atoms with E-state index in [1.807, 2.05) is 24.3 Å². The number of benzene rings is 2. The van der Waals surface area contributed by atoms with Crippen molar-refractivity contribution in [3.8, 4) is 0 Å². The summed E-state index contributed by atoms with van der Waals surface area (Å²) in [5.41, 5.74) is 0.694. The van der Waals surface area contributed by atoms with Crippen LogP contribution in [0.15, 0.2) is 59.5 Å². The second kappa shape index (κ2) is 8.83. The third-order valence-electron chi connectivity index (χ3n) is 4.97. The van der Waals surface area contributed by atoms with Crippen LogP contribution in [-0.4, -0.2) is 56.6 Å². The average Bonchev–Trinajstić information content (AvgIpc) is 3.18. The highest BCUT2D eigenvalue weighted by Crippen LogP contribution is 2.39. The Hall–Kier alpha value is -2.30. The molecule has 0 spiro atoms. The third kappa shape index (κ3) is 3.99. The Morgan fingerprint density at radius 1 is 1.17 bits per heavy atom. The highest BCUT2D eigenvalue weighted by atomic mass is 32.2. The quantitative estimate of drug-likeness (QED) is 0.606. The number of amides is 1. The number of nitrogens with zero attached hydrogens (tertiary/aromatic N) is 1. The molecule has 0 unspecified atom stereocenters. The van der Waals surface area contributed by atoms with Gasteiger partial charge in [0, 0.05) is 29.9 Å². The van der Waals surface area contributed by atoms with Crippen molar-refractivity contribution >= 4 is 37.4 Å². The molecule has 9 heteroatoms. The van der Waals surface area contributed by atoms with Gasteiger partial charge in [0.1, 0.15) is 0 Å². The lowest BCUT2D eigenvalue weighted by Crippen LogP contribution is -2.42. The van der Waals surface area contributed by atoms with E-state index >= 15 is 0 Å². The predicted molar refractivity (Wildman–Crippen MR) is 115 cm³/mol. The van der Waals surface area contributed by atoms with Crippen LogP contribution in [0.5, 0.6) is 0 Å². The van der Waals surface area contributed by atoms with Crippen molar-refractivity contribution in [1.82, 2.24) is 9.62 Å². The molecular formula is C21H22N2O5S2. The first-order valence-electron chi connectivity index (χ1n) is 9.59. The number of fused-ring (bicyclic) bond motifs is 1. The Balaban J connectivity index is 1.70. The number of hydrogen-bond donors (Lipinski definition) is 2. The molecule has 0 bridgehead atoms. The van der Waals surface area contributed by atoms with Crippen molar-refractivity contribution in [2.45, 2.75) is 11.0 Å². The average molecular weight is 447 g/mol. The van der Waals surface area contributed by atoms with Gasteiger partial charge in [-0.2, -0.15) is 4.31 Å². The van der Waals surface area contributed by atoms with E-state index in [4.69, 9.17) is 9.84 Å². The maximum atomic E-state index is 13.1. The molecule has 2 heterocycles. The summed E-state index contributed by atoms with van der Waals surface area (Å²) in [6.07, 6.45) is -0.566. The van der Waals surface area contributed by atoms with Crippen LogP contribution >= 0.6 is 11.3 Å². The van der Waals surface area contributed by atoms with Gasteiger partial charge in [-0.1, -0.05) is 36.4 Å². The van der Waals surface area contributed by atoms with Crippen molar-refractivity contribution < 1.29 is 23.1 Å². The molecule has 30 heavy (non-hydrogen) atoms. The fourth-order valence-electron chi connectivity index (χ4n) is 3.56. The minimum Gasteiger partial charge on any atom is -0.395 e. The van der Waals surface area contributed by atoms with E-state index in [1.54, 1.807) is 30.3 Å². The number of sulfonamides is 1. The van der Waals surface area contributed by atoms with Crippen molar-refractivity contribution in [1.29, 1.82) is 0 Å². The van der Waals surface area contributed by atoms with Crippen LogP contribution in [-0.2, 0) is 14.8 Å². The zero-order valence-corrected chi connectivity index (χ0v) is 17.8. The first-order chi connectivity index (χ1) is 14.5. The monoisotopic (exact) mass is 446 g/mol. The van der Waals surface area contributed by atoms with Crippen LogP contribution in [0.1, 0.15) is 21.3 Å². The lowest BCUT2D eigenvalue weighted by Gasteiger charge is -2.32. The Kier molecular flexibility index (Phi) is 6.16. The second-order valence-electron chi connectivity index (χ2n) is 6.86. The van der Waals surface area contributed by atoms with Crippen molar-refractivity contribution in [2.24, 2.45) is 0 Å². The lowest BCUT2D eigenvalue weighted by atomic mass is 10.0. The van der Waals surface area contributed by atoms with Crippen molar-refractivity contribution in [2.75, 3.05) is 32.8 Å². The zero-order chi connectivity index (χ0) is 21.1. The summed E-state index contributed by atoms with van der Waals surface area (Å²) in [4.78, 5) is 13.5. The number of hydrogen-bond acceptors (Lipinski definition) is 6. The van der Waals surface area contributed by atoms with Gasteiger partial charge in [-0.05, 0) is 23.6 Å². The number of rotatable bonds is 6. The SMILES string of the molecule is O=C(NCCO)c1sc2ccccc2c1[C@H]1CN(S(=O)(=O)c2ccccc2)CCO1. The van der Waals surface area contributed by atoms with Gasteiger partial charge in [0.05, 0.1) is 29.1 Å². The minimum absolute atomic E-state index is 0.123. The van der Waals surface area contributed by atoms with Crippen molar-refractivity contribution in [3.05, 3.63) is 65.0 Å². The Bertz CT molecular complexity index is 1140. The summed E-state index contributed by atoms with van der Waals surface area (Å²) in [5.74, 6) is -0.299. The van der Waals surface area contributed by atoms with Gasteiger partial charge in [-0.15, -0.1) is 11.3 Å². The first-order valence-corrected chi connectivity index (χ1v) is 11.9. The number of carbonyl (C=O) groups excluding carboxylic acids is 1. The number of thiophene rings is 1. The molecule has 4 rings (SSSR count). The molecule has 2 N–H and O–H groups in total. The van der Waals surface area contributed by atoms with Gasteiger partial charge in [-0.3, -0.25) is 4.79 Å². The van der Waals surface area contributed by atoms with Crippen LogP contribution in [0.2, 0.25) is 0 Å². The van der Waals surface area contributed by atoms with E-state index in [-0.39, 0.29) is 43.7 Å². The molecule has 1 aliphatic rings. The van der Waals surface area contributed by atoms with Gasteiger partial charge in [0.15, 0.2) is 0 Å². The normalized spacial score (nSPS) is 17.8.